The minimum Gasteiger partial charge on any atom is -0.484 e. The van der Waals surface area contributed by atoms with Gasteiger partial charge in [0, 0.05) is 13.1 Å². The molecule has 0 bridgehead atoms. The van der Waals surface area contributed by atoms with E-state index in [9.17, 15) is 9.59 Å². The monoisotopic (exact) mass is 382 g/mol. The van der Waals surface area contributed by atoms with Gasteiger partial charge in [-0.25, -0.2) is 0 Å². The summed E-state index contributed by atoms with van der Waals surface area (Å²) in [6, 6.07) is 16.6. The van der Waals surface area contributed by atoms with Crippen LogP contribution in [0.4, 0.5) is 0 Å². The van der Waals surface area contributed by atoms with Crippen LogP contribution in [0.1, 0.15) is 37.8 Å². The van der Waals surface area contributed by atoms with E-state index in [0.717, 1.165) is 24.0 Å². The quantitative estimate of drug-likeness (QED) is 0.637. The largest absolute Gasteiger partial charge is 0.484 e. The van der Waals surface area contributed by atoms with Gasteiger partial charge in [-0.1, -0.05) is 61.4 Å². The van der Waals surface area contributed by atoms with E-state index in [1.165, 1.54) is 0 Å². The van der Waals surface area contributed by atoms with Crippen molar-refractivity contribution >= 4 is 11.8 Å². The Morgan fingerprint density at radius 3 is 2.39 bits per heavy atom. The number of nitrogens with zero attached hydrogens (tertiary/aromatic N) is 1. The summed E-state index contributed by atoms with van der Waals surface area (Å²) in [5.74, 6) is 0.266. The van der Waals surface area contributed by atoms with Crippen molar-refractivity contribution in [3.63, 3.8) is 0 Å². The van der Waals surface area contributed by atoms with Crippen LogP contribution in [-0.2, 0) is 16.1 Å². The van der Waals surface area contributed by atoms with Gasteiger partial charge in [0.15, 0.2) is 6.61 Å². The number of nitrogens with one attached hydrogen (secondary N) is 1. The van der Waals surface area contributed by atoms with Gasteiger partial charge in [0.1, 0.15) is 11.8 Å². The first-order valence-electron chi connectivity index (χ1n) is 9.81. The molecule has 0 spiro atoms. The predicted octanol–water partition coefficient (Wildman–Crippen LogP) is 3.71. The number of hydrogen-bond acceptors (Lipinski definition) is 3. The zero-order chi connectivity index (χ0) is 20.4. The van der Waals surface area contributed by atoms with Gasteiger partial charge >= 0.3 is 0 Å². The van der Waals surface area contributed by atoms with Crippen LogP contribution in [0.5, 0.6) is 5.75 Å². The molecule has 1 atom stereocenters. The van der Waals surface area contributed by atoms with Gasteiger partial charge in [-0.15, -0.1) is 0 Å². The van der Waals surface area contributed by atoms with E-state index in [1.54, 1.807) is 24.0 Å². The number of unbranched alkanes of at least 4 members (excludes halogenated alkanes) is 1. The molecule has 0 saturated carbocycles. The van der Waals surface area contributed by atoms with E-state index in [4.69, 9.17) is 4.74 Å². The average Bonchev–Trinajstić information content (AvgIpc) is 2.72. The van der Waals surface area contributed by atoms with Gasteiger partial charge in [0.05, 0.1) is 0 Å². The summed E-state index contributed by atoms with van der Waals surface area (Å²) in [4.78, 5) is 27.0. The summed E-state index contributed by atoms with van der Waals surface area (Å²) < 4.78 is 5.61. The molecule has 2 aromatic rings. The fourth-order valence-corrected chi connectivity index (χ4v) is 2.75. The smallest absolute Gasteiger partial charge is 0.261 e. The molecule has 0 fully saturated rings. The molecule has 0 saturated heterocycles. The molecule has 0 radical (unpaired) electrons. The summed E-state index contributed by atoms with van der Waals surface area (Å²) in [6.45, 7) is 6.72. The third kappa shape index (κ3) is 6.72. The van der Waals surface area contributed by atoms with E-state index in [2.05, 4.69) is 12.2 Å². The van der Waals surface area contributed by atoms with E-state index < -0.39 is 6.04 Å². The molecule has 1 N–H and O–H groups in total. The Hall–Kier alpha value is -2.82. The Balaban J connectivity index is 2.08. The van der Waals surface area contributed by atoms with Crippen LogP contribution in [0, 0.1) is 6.92 Å². The van der Waals surface area contributed by atoms with Crippen LogP contribution in [0.3, 0.4) is 0 Å². The molecule has 5 nitrogen and oxygen atoms in total. The number of hydrogen-bond donors (Lipinski definition) is 1. The van der Waals surface area contributed by atoms with Gasteiger partial charge in [-0.05, 0) is 38.0 Å². The molecule has 28 heavy (non-hydrogen) atoms. The highest BCUT2D eigenvalue weighted by molar-refractivity contribution is 5.87. The second-order valence-corrected chi connectivity index (χ2v) is 6.93. The molecule has 2 rings (SSSR count). The molecule has 1 unspecified atom stereocenters. The van der Waals surface area contributed by atoms with Gasteiger partial charge in [-0.3, -0.25) is 9.59 Å². The maximum atomic E-state index is 12.9. The fraction of sp³-hybridized carbons (Fsp3) is 0.391. The second-order valence-electron chi connectivity index (χ2n) is 6.93. The number of carbonyl (C=O) groups excluding carboxylic acids is 2. The van der Waals surface area contributed by atoms with Crippen LogP contribution in [-0.4, -0.2) is 35.9 Å². The van der Waals surface area contributed by atoms with Crippen molar-refractivity contribution in [2.24, 2.45) is 0 Å². The lowest BCUT2D eigenvalue weighted by Gasteiger charge is -2.28. The van der Waals surface area contributed by atoms with Crippen molar-refractivity contribution < 1.29 is 14.3 Å². The standard InChI is InChI=1S/C23H30N2O3/c1-4-5-15-24-23(27)19(3)25(16-20-13-11-18(2)12-14-20)22(26)17-28-21-9-7-6-8-10-21/h6-14,19H,4-5,15-17H2,1-3H3,(H,24,27). The number of carbonyl (C=O) groups is 2. The number of rotatable bonds is 10. The van der Waals surface area contributed by atoms with Crippen LogP contribution >= 0.6 is 0 Å². The van der Waals surface area contributed by atoms with E-state index in [1.807, 2.05) is 49.4 Å². The molecule has 2 aromatic carbocycles. The van der Waals surface area contributed by atoms with Crippen LogP contribution < -0.4 is 10.1 Å². The van der Waals surface area contributed by atoms with Crippen molar-refractivity contribution in [1.29, 1.82) is 0 Å². The number of amides is 2. The summed E-state index contributed by atoms with van der Waals surface area (Å²) in [7, 11) is 0. The average molecular weight is 383 g/mol. The normalized spacial score (nSPS) is 11.5. The molecule has 0 aliphatic heterocycles. The summed E-state index contributed by atoms with van der Waals surface area (Å²) >= 11 is 0. The summed E-state index contributed by atoms with van der Waals surface area (Å²) in [6.07, 6.45) is 1.92. The molecular formula is C23H30N2O3. The van der Waals surface area contributed by atoms with Crippen LogP contribution in [0.15, 0.2) is 54.6 Å². The van der Waals surface area contributed by atoms with E-state index in [0.29, 0.717) is 18.8 Å². The van der Waals surface area contributed by atoms with Crippen molar-refractivity contribution in [2.75, 3.05) is 13.2 Å². The molecule has 0 aromatic heterocycles. The van der Waals surface area contributed by atoms with Crippen molar-refractivity contribution in [2.45, 2.75) is 46.2 Å². The van der Waals surface area contributed by atoms with E-state index >= 15 is 0 Å². The second kappa shape index (κ2) is 11.1. The van der Waals surface area contributed by atoms with Gasteiger partial charge in [-0.2, -0.15) is 0 Å². The third-order valence-corrected chi connectivity index (χ3v) is 4.58. The number of para-hydroxylation sites is 1. The predicted molar refractivity (Wildman–Crippen MR) is 111 cm³/mol. The minimum absolute atomic E-state index is 0.109. The number of benzene rings is 2. The summed E-state index contributed by atoms with van der Waals surface area (Å²) in [5, 5.41) is 2.91. The molecule has 0 heterocycles. The van der Waals surface area contributed by atoms with Crippen LogP contribution in [0.25, 0.3) is 0 Å². The lowest BCUT2D eigenvalue weighted by Crippen LogP contribution is -2.49. The Kier molecular flexibility index (Phi) is 8.53. The zero-order valence-corrected chi connectivity index (χ0v) is 17.0. The molecule has 0 aliphatic rings. The van der Waals surface area contributed by atoms with Gasteiger partial charge in [0.2, 0.25) is 5.91 Å². The first kappa shape index (κ1) is 21.5. The van der Waals surface area contributed by atoms with Gasteiger partial charge in [0.25, 0.3) is 5.91 Å². The Morgan fingerprint density at radius 2 is 1.75 bits per heavy atom. The zero-order valence-electron chi connectivity index (χ0n) is 17.0. The molecule has 0 aliphatic carbocycles. The highest BCUT2D eigenvalue weighted by Crippen LogP contribution is 2.13. The van der Waals surface area contributed by atoms with Crippen LogP contribution in [0.2, 0.25) is 0 Å². The molecule has 150 valence electrons. The van der Waals surface area contributed by atoms with Crippen molar-refractivity contribution in [3.8, 4) is 5.75 Å². The highest BCUT2D eigenvalue weighted by atomic mass is 16.5. The number of aryl methyl sites for hydroxylation is 1. The first-order chi connectivity index (χ1) is 13.5. The van der Waals surface area contributed by atoms with Gasteiger partial charge < -0.3 is 15.0 Å². The Morgan fingerprint density at radius 1 is 1.07 bits per heavy atom. The topological polar surface area (TPSA) is 58.6 Å². The lowest BCUT2D eigenvalue weighted by molar-refractivity contribution is -0.142. The van der Waals surface area contributed by atoms with Crippen molar-refractivity contribution in [3.05, 3.63) is 65.7 Å². The maximum absolute atomic E-state index is 12.9. The van der Waals surface area contributed by atoms with Crippen molar-refractivity contribution in [1.82, 2.24) is 10.2 Å². The third-order valence-electron chi connectivity index (χ3n) is 4.58. The highest BCUT2D eigenvalue weighted by Gasteiger charge is 2.26. The molecule has 2 amide bonds. The fourth-order valence-electron chi connectivity index (χ4n) is 2.75. The molecule has 5 heteroatoms. The SMILES string of the molecule is CCCCNC(=O)C(C)N(Cc1ccc(C)cc1)C(=O)COc1ccccc1. The summed E-state index contributed by atoms with van der Waals surface area (Å²) in [5.41, 5.74) is 2.13. The number of ether oxygens (including phenoxy) is 1. The Bertz CT molecular complexity index is 744. The molecular weight excluding hydrogens is 352 g/mol. The maximum Gasteiger partial charge on any atom is 0.261 e. The minimum atomic E-state index is -0.579. The first-order valence-corrected chi connectivity index (χ1v) is 9.81. The Labute approximate surface area is 167 Å². The lowest BCUT2D eigenvalue weighted by atomic mass is 10.1. The van der Waals surface area contributed by atoms with E-state index in [-0.39, 0.29) is 18.4 Å².